The van der Waals surface area contributed by atoms with Crippen molar-refractivity contribution in [3.8, 4) is 0 Å². The van der Waals surface area contributed by atoms with Crippen LogP contribution in [0.3, 0.4) is 0 Å². The molecule has 0 aliphatic carbocycles. The number of hydrogen-bond acceptors (Lipinski definition) is 4. The predicted molar refractivity (Wildman–Crippen MR) is 80.4 cm³/mol. The molecule has 1 rings (SSSR count). The van der Waals surface area contributed by atoms with Crippen molar-refractivity contribution >= 4 is 0 Å². The Morgan fingerprint density at radius 2 is 2.00 bits per heavy atom. The van der Waals surface area contributed by atoms with E-state index in [1.54, 1.807) is 6.26 Å². The van der Waals surface area contributed by atoms with E-state index in [1.807, 2.05) is 12.1 Å². The van der Waals surface area contributed by atoms with Crippen molar-refractivity contribution in [1.29, 1.82) is 0 Å². The lowest BCUT2D eigenvalue weighted by Gasteiger charge is -2.24. The second-order valence-corrected chi connectivity index (χ2v) is 5.34. The molecular formula is C15H29N3O. The first-order valence-corrected chi connectivity index (χ1v) is 7.27. The van der Waals surface area contributed by atoms with Gasteiger partial charge in [0.25, 0.3) is 0 Å². The first-order valence-electron chi connectivity index (χ1n) is 7.27. The molecule has 0 radical (unpaired) electrons. The molecule has 0 aliphatic heterocycles. The fourth-order valence-corrected chi connectivity index (χ4v) is 2.07. The lowest BCUT2D eigenvalue weighted by Crippen LogP contribution is -2.37. The minimum Gasteiger partial charge on any atom is -0.468 e. The molecule has 110 valence electrons. The monoisotopic (exact) mass is 267 g/mol. The first-order chi connectivity index (χ1) is 9.13. The predicted octanol–water partition coefficient (Wildman–Crippen LogP) is 2.20. The summed E-state index contributed by atoms with van der Waals surface area (Å²) in [6.07, 6.45) is 2.94. The van der Waals surface area contributed by atoms with Crippen LogP contribution in [-0.4, -0.2) is 56.6 Å². The topological polar surface area (TPSA) is 31.6 Å². The summed E-state index contributed by atoms with van der Waals surface area (Å²) in [5.41, 5.74) is 0. The van der Waals surface area contributed by atoms with Crippen molar-refractivity contribution in [1.82, 2.24) is 15.1 Å². The third-order valence-electron chi connectivity index (χ3n) is 3.25. The molecule has 19 heavy (non-hydrogen) atoms. The van der Waals surface area contributed by atoms with Gasteiger partial charge in [0.15, 0.2) is 0 Å². The summed E-state index contributed by atoms with van der Waals surface area (Å²) in [4.78, 5) is 4.75. The molecule has 0 fully saturated rings. The van der Waals surface area contributed by atoms with Crippen LogP contribution in [0.1, 0.15) is 32.1 Å². The van der Waals surface area contributed by atoms with E-state index in [1.165, 1.54) is 13.0 Å². The highest BCUT2D eigenvalue weighted by molar-refractivity contribution is 5.02. The van der Waals surface area contributed by atoms with Gasteiger partial charge >= 0.3 is 0 Å². The molecule has 0 aromatic carbocycles. The van der Waals surface area contributed by atoms with Gasteiger partial charge in [0.1, 0.15) is 5.76 Å². The molecule has 0 saturated carbocycles. The summed E-state index contributed by atoms with van der Waals surface area (Å²) in [5.74, 6) is 1.01. The maximum Gasteiger partial charge on any atom is 0.120 e. The average Bonchev–Trinajstić information content (AvgIpc) is 2.89. The van der Waals surface area contributed by atoms with Crippen LogP contribution in [0.15, 0.2) is 22.8 Å². The molecule has 0 bridgehead atoms. The third kappa shape index (κ3) is 6.76. The standard InChI is InChI=1S/C15H29N3O/c1-5-9-18(12-11-17(3)4)10-8-16-14(2)15-7-6-13-19-15/h6-7,13-14,16H,5,8-12H2,1-4H3. The van der Waals surface area contributed by atoms with Crippen LogP contribution in [0.2, 0.25) is 0 Å². The Morgan fingerprint density at radius 1 is 1.21 bits per heavy atom. The Balaban J connectivity index is 2.23. The second kappa shape index (κ2) is 9.13. The van der Waals surface area contributed by atoms with Crippen molar-refractivity contribution in [2.75, 3.05) is 46.8 Å². The van der Waals surface area contributed by atoms with Gasteiger partial charge in [-0.3, -0.25) is 0 Å². The van der Waals surface area contributed by atoms with Crippen LogP contribution in [0.4, 0.5) is 0 Å². The van der Waals surface area contributed by atoms with Gasteiger partial charge < -0.3 is 19.5 Å². The van der Waals surface area contributed by atoms with Crippen molar-refractivity contribution in [3.05, 3.63) is 24.2 Å². The number of nitrogens with one attached hydrogen (secondary N) is 1. The minimum absolute atomic E-state index is 0.285. The summed E-state index contributed by atoms with van der Waals surface area (Å²) in [5, 5.41) is 3.51. The second-order valence-electron chi connectivity index (χ2n) is 5.34. The first kappa shape index (κ1) is 16.2. The van der Waals surface area contributed by atoms with Gasteiger partial charge in [-0.25, -0.2) is 0 Å². The zero-order valence-electron chi connectivity index (χ0n) is 12.9. The highest BCUT2D eigenvalue weighted by atomic mass is 16.3. The van der Waals surface area contributed by atoms with Crippen molar-refractivity contribution in [2.45, 2.75) is 26.3 Å². The molecular weight excluding hydrogens is 238 g/mol. The summed E-state index contributed by atoms with van der Waals surface area (Å²) in [6.45, 7) is 9.89. The van der Waals surface area contributed by atoms with E-state index in [0.717, 1.165) is 31.9 Å². The van der Waals surface area contributed by atoms with E-state index in [4.69, 9.17) is 4.42 Å². The van der Waals surface area contributed by atoms with E-state index in [9.17, 15) is 0 Å². The van der Waals surface area contributed by atoms with Crippen LogP contribution in [0, 0.1) is 0 Å². The Labute approximate surface area is 117 Å². The highest BCUT2D eigenvalue weighted by Crippen LogP contribution is 2.11. The quantitative estimate of drug-likeness (QED) is 0.704. The van der Waals surface area contributed by atoms with Gasteiger partial charge in [-0.15, -0.1) is 0 Å². The van der Waals surface area contributed by atoms with Gasteiger partial charge in [0, 0.05) is 26.2 Å². The number of likely N-dealkylation sites (N-methyl/N-ethyl adjacent to an activating group) is 1. The molecule has 4 nitrogen and oxygen atoms in total. The molecule has 1 N–H and O–H groups in total. The molecule has 1 heterocycles. The van der Waals surface area contributed by atoms with E-state index in [-0.39, 0.29) is 6.04 Å². The Bertz CT molecular complexity index is 311. The molecule has 1 aromatic heterocycles. The Morgan fingerprint density at radius 3 is 2.58 bits per heavy atom. The normalized spacial score (nSPS) is 13.4. The molecule has 0 amide bonds. The zero-order chi connectivity index (χ0) is 14.1. The van der Waals surface area contributed by atoms with Crippen molar-refractivity contribution < 1.29 is 4.42 Å². The van der Waals surface area contributed by atoms with Gasteiger partial charge in [-0.2, -0.15) is 0 Å². The van der Waals surface area contributed by atoms with Crippen LogP contribution in [-0.2, 0) is 0 Å². The van der Waals surface area contributed by atoms with Crippen molar-refractivity contribution in [2.24, 2.45) is 0 Å². The van der Waals surface area contributed by atoms with Gasteiger partial charge in [-0.05, 0) is 46.1 Å². The molecule has 1 atom stereocenters. The summed E-state index contributed by atoms with van der Waals surface area (Å²) in [6, 6.07) is 4.24. The molecule has 0 aliphatic rings. The number of hydrogen-bond donors (Lipinski definition) is 1. The Hall–Kier alpha value is -0.840. The number of furan rings is 1. The largest absolute Gasteiger partial charge is 0.468 e. The smallest absolute Gasteiger partial charge is 0.120 e. The summed E-state index contributed by atoms with van der Waals surface area (Å²) in [7, 11) is 4.25. The zero-order valence-corrected chi connectivity index (χ0v) is 12.9. The lowest BCUT2D eigenvalue weighted by atomic mass is 10.2. The molecule has 1 unspecified atom stereocenters. The molecule has 1 aromatic rings. The van der Waals surface area contributed by atoms with E-state index in [0.29, 0.717) is 0 Å². The van der Waals surface area contributed by atoms with E-state index >= 15 is 0 Å². The van der Waals surface area contributed by atoms with E-state index in [2.05, 4.69) is 43.1 Å². The van der Waals surface area contributed by atoms with Crippen LogP contribution in [0.25, 0.3) is 0 Å². The molecule has 4 heteroatoms. The average molecular weight is 267 g/mol. The lowest BCUT2D eigenvalue weighted by molar-refractivity contribution is 0.237. The van der Waals surface area contributed by atoms with Gasteiger partial charge in [0.2, 0.25) is 0 Å². The number of rotatable bonds is 10. The fraction of sp³-hybridized carbons (Fsp3) is 0.733. The van der Waals surface area contributed by atoms with Crippen LogP contribution >= 0.6 is 0 Å². The fourth-order valence-electron chi connectivity index (χ4n) is 2.07. The van der Waals surface area contributed by atoms with Crippen LogP contribution in [0.5, 0.6) is 0 Å². The van der Waals surface area contributed by atoms with Gasteiger partial charge in [-0.1, -0.05) is 6.92 Å². The molecule has 0 spiro atoms. The maximum atomic E-state index is 5.40. The van der Waals surface area contributed by atoms with Crippen LogP contribution < -0.4 is 5.32 Å². The van der Waals surface area contributed by atoms with E-state index < -0.39 is 0 Å². The molecule has 0 saturated heterocycles. The summed E-state index contributed by atoms with van der Waals surface area (Å²) >= 11 is 0. The third-order valence-corrected chi connectivity index (χ3v) is 3.25. The Kier molecular flexibility index (Phi) is 7.79. The summed E-state index contributed by atoms with van der Waals surface area (Å²) < 4.78 is 5.40. The van der Waals surface area contributed by atoms with Gasteiger partial charge in [0.05, 0.1) is 12.3 Å². The van der Waals surface area contributed by atoms with Crippen molar-refractivity contribution in [3.63, 3.8) is 0 Å². The maximum absolute atomic E-state index is 5.40. The highest BCUT2D eigenvalue weighted by Gasteiger charge is 2.08. The minimum atomic E-state index is 0.285. The number of nitrogens with zero attached hydrogens (tertiary/aromatic N) is 2. The SMILES string of the molecule is CCCN(CCNC(C)c1ccco1)CCN(C)C.